The minimum Gasteiger partial charge on any atom is -0.490 e. The van der Waals surface area contributed by atoms with E-state index in [1.807, 2.05) is 12.1 Å². The van der Waals surface area contributed by atoms with E-state index in [0.29, 0.717) is 18.2 Å². The highest BCUT2D eigenvalue weighted by molar-refractivity contribution is 5.97. The lowest BCUT2D eigenvalue weighted by atomic mass is 10.1. The summed E-state index contributed by atoms with van der Waals surface area (Å²) in [5, 5.41) is 3.97. The van der Waals surface area contributed by atoms with Crippen molar-refractivity contribution in [2.75, 3.05) is 26.3 Å². The number of halogens is 1. The van der Waals surface area contributed by atoms with Crippen LogP contribution in [-0.4, -0.2) is 37.0 Å². The number of benzene rings is 2. The molecule has 144 valence electrons. The number of rotatable bonds is 8. The summed E-state index contributed by atoms with van der Waals surface area (Å²) in [6, 6.07) is 13.9. The lowest BCUT2D eigenvalue weighted by Crippen LogP contribution is -2.29. The molecule has 0 atom stereocenters. The third-order valence-electron chi connectivity index (χ3n) is 4.50. The van der Waals surface area contributed by atoms with Gasteiger partial charge in [0.15, 0.2) is 12.4 Å². The Labute approximate surface area is 159 Å². The average Bonchev–Trinajstić information content (AvgIpc) is 2.70. The summed E-state index contributed by atoms with van der Waals surface area (Å²) in [5.74, 6) is 0.637. The van der Waals surface area contributed by atoms with Crippen molar-refractivity contribution in [2.45, 2.75) is 25.8 Å². The smallest absolute Gasteiger partial charge is 0.170 e. The Morgan fingerprint density at radius 2 is 1.81 bits per heavy atom. The van der Waals surface area contributed by atoms with Crippen LogP contribution in [0.15, 0.2) is 53.7 Å². The Bertz CT molecular complexity index is 743. The summed E-state index contributed by atoms with van der Waals surface area (Å²) >= 11 is 0. The third kappa shape index (κ3) is 6.25. The maximum absolute atomic E-state index is 12.8. The minimum atomic E-state index is -0.293. The van der Waals surface area contributed by atoms with Crippen LogP contribution in [0.2, 0.25) is 0 Å². The van der Waals surface area contributed by atoms with Crippen LogP contribution >= 0.6 is 0 Å². The van der Waals surface area contributed by atoms with E-state index in [-0.39, 0.29) is 12.4 Å². The first-order chi connectivity index (χ1) is 13.2. The van der Waals surface area contributed by atoms with Gasteiger partial charge in [0.1, 0.15) is 18.2 Å². The molecule has 0 amide bonds. The Balaban J connectivity index is 1.45. The van der Waals surface area contributed by atoms with E-state index in [9.17, 15) is 4.39 Å². The SMILES string of the molecule is N/C(=N/OCCOc1ccc(F)cc1)c1cccc(CN2CCCCC2)c1. The number of nitrogens with two attached hydrogens (primary N) is 1. The first kappa shape index (κ1) is 19.2. The van der Waals surface area contributed by atoms with Crippen molar-refractivity contribution in [3.63, 3.8) is 0 Å². The predicted octanol–water partition coefficient (Wildman–Crippen LogP) is 3.53. The van der Waals surface area contributed by atoms with Crippen molar-refractivity contribution in [1.29, 1.82) is 0 Å². The van der Waals surface area contributed by atoms with Crippen molar-refractivity contribution in [1.82, 2.24) is 4.90 Å². The molecule has 0 bridgehead atoms. The van der Waals surface area contributed by atoms with Crippen LogP contribution in [0.5, 0.6) is 5.75 Å². The monoisotopic (exact) mass is 371 g/mol. The topological polar surface area (TPSA) is 60.1 Å². The highest BCUT2D eigenvalue weighted by Gasteiger charge is 2.11. The average molecular weight is 371 g/mol. The number of nitrogens with zero attached hydrogens (tertiary/aromatic N) is 2. The Morgan fingerprint density at radius 3 is 2.59 bits per heavy atom. The molecule has 6 heteroatoms. The molecule has 1 saturated heterocycles. The van der Waals surface area contributed by atoms with E-state index in [2.05, 4.69) is 22.2 Å². The second-order valence-corrected chi connectivity index (χ2v) is 6.65. The summed E-state index contributed by atoms with van der Waals surface area (Å²) in [6.45, 7) is 3.81. The van der Waals surface area contributed by atoms with E-state index in [1.54, 1.807) is 12.1 Å². The number of hydrogen-bond donors (Lipinski definition) is 1. The first-order valence-corrected chi connectivity index (χ1v) is 9.36. The molecule has 0 saturated carbocycles. The quantitative estimate of drug-likeness (QED) is 0.334. The van der Waals surface area contributed by atoms with Gasteiger partial charge in [-0.05, 0) is 61.8 Å². The van der Waals surface area contributed by atoms with Gasteiger partial charge in [-0.15, -0.1) is 0 Å². The fraction of sp³-hybridized carbons (Fsp3) is 0.381. The molecule has 3 rings (SSSR count). The molecule has 1 fully saturated rings. The van der Waals surface area contributed by atoms with E-state index in [1.165, 1.54) is 37.0 Å². The molecule has 1 aliphatic heterocycles. The van der Waals surface area contributed by atoms with Gasteiger partial charge in [-0.2, -0.15) is 0 Å². The molecule has 5 nitrogen and oxygen atoms in total. The van der Waals surface area contributed by atoms with E-state index in [0.717, 1.165) is 25.2 Å². The number of hydrogen-bond acceptors (Lipinski definition) is 4. The molecule has 0 aromatic heterocycles. The molecule has 0 radical (unpaired) electrons. The van der Waals surface area contributed by atoms with Gasteiger partial charge in [-0.3, -0.25) is 4.90 Å². The second kappa shape index (κ2) is 9.92. The third-order valence-corrected chi connectivity index (χ3v) is 4.50. The lowest BCUT2D eigenvalue weighted by Gasteiger charge is -2.26. The van der Waals surface area contributed by atoms with Crippen LogP contribution in [0, 0.1) is 5.82 Å². The molecule has 1 heterocycles. The molecular formula is C21H26FN3O2. The van der Waals surface area contributed by atoms with E-state index < -0.39 is 0 Å². The largest absolute Gasteiger partial charge is 0.490 e. The van der Waals surface area contributed by atoms with Gasteiger partial charge in [0, 0.05) is 12.1 Å². The Morgan fingerprint density at radius 1 is 1.04 bits per heavy atom. The van der Waals surface area contributed by atoms with Crippen LogP contribution in [0.3, 0.4) is 0 Å². The van der Waals surface area contributed by atoms with Crippen LogP contribution in [0.1, 0.15) is 30.4 Å². The second-order valence-electron chi connectivity index (χ2n) is 6.65. The van der Waals surface area contributed by atoms with Crippen LogP contribution in [0.4, 0.5) is 4.39 Å². The fourth-order valence-corrected chi connectivity index (χ4v) is 3.10. The maximum atomic E-state index is 12.8. The first-order valence-electron chi connectivity index (χ1n) is 9.36. The molecule has 0 spiro atoms. The molecular weight excluding hydrogens is 345 g/mol. The van der Waals surface area contributed by atoms with E-state index >= 15 is 0 Å². The summed E-state index contributed by atoms with van der Waals surface area (Å²) in [6.07, 6.45) is 3.88. The summed E-state index contributed by atoms with van der Waals surface area (Å²) in [7, 11) is 0. The van der Waals surface area contributed by atoms with Gasteiger partial charge >= 0.3 is 0 Å². The summed E-state index contributed by atoms with van der Waals surface area (Å²) in [5.41, 5.74) is 8.12. The standard InChI is InChI=1S/C21H26FN3O2/c22-19-7-9-20(10-8-19)26-13-14-27-24-21(23)18-6-4-5-17(15-18)16-25-11-2-1-3-12-25/h4-10,15H,1-3,11-14,16H2,(H2,23,24). The molecule has 2 aromatic rings. The zero-order chi connectivity index (χ0) is 18.9. The van der Waals surface area contributed by atoms with Crippen molar-refractivity contribution in [2.24, 2.45) is 10.9 Å². The molecule has 2 N–H and O–H groups in total. The van der Waals surface area contributed by atoms with Gasteiger partial charge in [-0.1, -0.05) is 29.8 Å². The van der Waals surface area contributed by atoms with Gasteiger partial charge < -0.3 is 15.3 Å². The number of likely N-dealkylation sites (tertiary alicyclic amines) is 1. The van der Waals surface area contributed by atoms with Gasteiger partial charge in [0.05, 0.1) is 0 Å². The molecule has 2 aromatic carbocycles. The minimum absolute atomic E-state index is 0.256. The summed E-state index contributed by atoms with van der Waals surface area (Å²) in [4.78, 5) is 7.71. The fourth-order valence-electron chi connectivity index (χ4n) is 3.10. The maximum Gasteiger partial charge on any atom is 0.170 e. The number of amidine groups is 1. The molecule has 27 heavy (non-hydrogen) atoms. The molecule has 0 aliphatic carbocycles. The Kier molecular flexibility index (Phi) is 7.04. The predicted molar refractivity (Wildman–Crippen MR) is 104 cm³/mol. The van der Waals surface area contributed by atoms with Gasteiger partial charge in [0.2, 0.25) is 0 Å². The van der Waals surface area contributed by atoms with Crippen molar-refractivity contribution in [3.05, 3.63) is 65.5 Å². The van der Waals surface area contributed by atoms with Crippen LogP contribution < -0.4 is 10.5 Å². The van der Waals surface area contributed by atoms with Gasteiger partial charge in [0.25, 0.3) is 0 Å². The van der Waals surface area contributed by atoms with Crippen molar-refractivity contribution < 1.29 is 14.0 Å². The molecule has 1 aliphatic rings. The van der Waals surface area contributed by atoms with Crippen molar-refractivity contribution >= 4 is 5.84 Å². The van der Waals surface area contributed by atoms with Crippen molar-refractivity contribution in [3.8, 4) is 5.75 Å². The number of ether oxygens (including phenoxy) is 1. The van der Waals surface area contributed by atoms with Gasteiger partial charge in [-0.25, -0.2) is 4.39 Å². The normalized spacial score (nSPS) is 15.5. The lowest BCUT2D eigenvalue weighted by molar-refractivity contribution is 0.107. The highest BCUT2D eigenvalue weighted by atomic mass is 19.1. The summed E-state index contributed by atoms with van der Waals surface area (Å²) < 4.78 is 18.3. The van der Waals surface area contributed by atoms with Crippen LogP contribution in [0.25, 0.3) is 0 Å². The highest BCUT2D eigenvalue weighted by Crippen LogP contribution is 2.14. The zero-order valence-electron chi connectivity index (χ0n) is 15.4. The molecule has 0 unspecified atom stereocenters. The zero-order valence-corrected chi connectivity index (χ0v) is 15.4. The number of piperidine rings is 1. The number of oxime groups is 1. The van der Waals surface area contributed by atoms with E-state index in [4.69, 9.17) is 15.3 Å². The van der Waals surface area contributed by atoms with Crippen LogP contribution in [-0.2, 0) is 11.4 Å². The Hall–Kier alpha value is -2.60.